The van der Waals surface area contributed by atoms with Crippen molar-refractivity contribution in [3.63, 3.8) is 0 Å². The standard InChI is InChI=1S/C19H20F5N5S/c1-30-29-9-13(10-29)12-6-16(26-15-8-14(2-4-25-15)19(22,23)24)27-17(7-12)28-5-3-18(20,21)11-28/h2,4,6-8,13H,3,5,9-11H2,1H3,(H,25,26,27). The summed E-state index contributed by atoms with van der Waals surface area (Å²) in [6.45, 7) is 1.36. The van der Waals surface area contributed by atoms with Crippen molar-refractivity contribution >= 4 is 29.4 Å². The first kappa shape index (κ1) is 21.1. The molecule has 5 nitrogen and oxygen atoms in total. The Morgan fingerprint density at radius 2 is 1.93 bits per heavy atom. The molecule has 11 heteroatoms. The minimum absolute atomic E-state index is 0.00785. The van der Waals surface area contributed by atoms with E-state index in [1.165, 1.54) is 4.90 Å². The third kappa shape index (κ3) is 4.61. The molecule has 0 radical (unpaired) electrons. The van der Waals surface area contributed by atoms with Gasteiger partial charge in [0.25, 0.3) is 5.92 Å². The minimum atomic E-state index is -4.49. The van der Waals surface area contributed by atoms with Crippen molar-refractivity contribution in [3.8, 4) is 0 Å². The molecule has 0 aromatic carbocycles. The van der Waals surface area contributed by atoms with Crippen molar-refractivity contribution in [2.24, 2.45) is 0 Å². The molecule has 2 fully saturated rings. The molecule has 4 rings (SSSR count). The number of halogens is 5. The summed E-state index contributed by atoms with van der Waals surface area (Å²) in [5, 5.41) is 2.81. The summed E-state index contributed by atoms with van der Waals surface area (Å²) in [7, 11) is 0. The molecular weight excluding hydrogens is 425 g/mol. The molecule has 0 bridgehead atoms. The van der Waals surface area contributed by atoms with Gasteiger partial charge in [-0.1, -0.05) is 11.9 Å². The van der Waals surface area contributed by atoms with E-state index in [2.05, 4.69) is 19.6 Å². The zero-order valence-corrected chi connectivity index (χ0v) is 16.9. The maximum absolute atomic E-state index is 13.7. The lowest BCUT2D eigenvalue weighted by atomic mass is 9.94. The lowest BCUT2D eigenvalue weighted by Crippen LogP contribution is -2.39. The first-order valence-corrected chi connectivity index (χ1v) is 10.6. The van der Waals surface area contributed by atoms with Gasteiger partial charge in [-0.15, -0.1) is 0 Å². The molecule has 2 aromatic heterocycles. The average Bonchev–Trinajstić information content (AvgIpc) is 3.00. The number of rotatable bonds is 5. The number of nitrogens with zero attached hydrogens (tertiary/aromatic N) is 4. The van der Waals surface area contributed by atoms with Crippen LogP contribution in [0.25, 0.3) is 0 Å². The number of aromatic nitrogens is 2. The van der Waals surface area contributed by atoms with Crippen molar-refractivity contribution in [1.82, 2.24) is 14.3 Å². The van der Waals surface area contributed by atoms with E-state index < -0.39 is 24.2 Å². The molecule has 2 aromatic rings. The van der Waals surface area contributed by atoms with E-state index in [0.717, 1.165) is 37.0 Å². The van der Waals surface area contributed by atoms with Gasteiger partial charge in [-0.05, 0) is 36.1 Å². The number of nitrogens with one attached hydrogen (secondary N) is 1. The molecule has 2 saturated heterocycles. The first-order valence-electron chi connectivity index (χ1n) is 9.37. The predicted octanol–water partition coefficient (Wildman–Crippen LogP) is 4.76. The zero-order chi connectivity index (χ0) is 21.5. The Labute approximate surface area is 174 Å². The largest absolute Gasteiger partial charge is 0.416 e. The fourth-order valence-electron chi connectivity index (χ4n) is 3.53. The molecule has 0 spiro atoms. The van der Waals surface area contributed by atoms with Gasteiger partial charge in [0.1, 0.15) is 17.5 Å². The molecule has 30 heavy (non-hydrogen) atoms. The molecule has 0 atom stereocenters. The lowest BCUT2D eigenvalue weighted by Gasteiger charge is -2.38. The lowest BCUT2D eigenvalue weighted by molar-refractivity contribution is -0.137. The highest BCUT2D eigenvalue weighted by atomic mass is 32.2. The maximum Gasteiger partial charge on any atom is 0.416 e. The number of anilines is 3. The van der Waals surface area contributed by atoms with Crippen LogP contribution in [0, 0.1) is 0 Å². The van der Waals surface area contributed by atoms with Crippen molar-refractivity contribution in [3.05, 3.63) is 41.6 Å². The molecule has 4 heterocycles. The van der Waals surface area contributed by atoms with E-state index in [1.807, 2.05) is 6.26 Å². The minimum Gasteiger partial charge on any atom is -0.350 e. The summed E-state index contributed by atoms with van der Waals surface area (Å²) in [4.78, 5) is 9.84. The van der Waals surface area contributed by atoms with E-state index in [4.69, 9.17) is 0 Å². The summed E-state index contributed by atoms with van der Waals surface area (Å²) in [5.74, 6) is -1.90. The Hall–Kier alpha value is -2.14. The van der Waals surface area contributed by atoms with E-state index in [-0.39, 0.29) is 30.5 Å². The monoisotopic (exact) mass is 445 g/mol. The van der Waals surface area contributed by atoms with Crippen LogP contribution in [-0.4, -0.2) is 52.6 Å². The summed E-state index contributed by atoms with van der Waals surface area (Å²) in [6, 6.07) is 5.34. The van der Waals surface area contributed by atoms with Crippen LogP contribution in [0.3, 0.4) is 0 Å². The Balaban J connectivity index is 1.63. The van der Waals surface area contributed by atoms with Crippen LogP contribution in [0.2, 0.25) is 0 Å². The Morgan fingerprint density at radius 1 is 1.17 bits per heavy atom. The Morgan fingerprint density at radius 3 is 2.57 bits per heavy atom. The van der Waals surface area contributed by atoms with E-state index in [1.54, 1.807) is 24.1 Å². The third-order valence-electron chi connectivity index (χ3n) is 5.25. The second-order valence-corrected chi connectivity index (χ2v) is 8.33. The quantitative estimate of drug-likeness (QED) is 0.529. The Kier molecular flexibility index (Phi) is 5.52. The molecule has 162 valence electrons. The van der Waals surface area contributed by atoms with Crippen LogP contribution in [-0.2, 0) is 6.18 Å². The normalized spacial score (nSPS) is 19.7. The number of hydrogen-bond acceptors (Lipinski definition) is 6. The van der Waals surface area contributed by atoms with Crippen LogP contribution in [0.15, 0.2) is 30.5 Å². The molecule has 0 aliphatic carbocycles. The number of alkyl halides is 5. The summed E-state index contributed by atoms with van der Waals surface area (Å²) in [6.07, 6.45) is -1.69. The first-order chi connectivity index (χ1) is 14.1. The molecule has 2 aliphatic rings. The van der Waals surface area contributed by atoms with Gasteiger partial charge in [0.05, 0.1) is 12.1 Å². The van der Waals surface area contributed by atoms with Gasteiger partial charge < -0.3 is 10.2 Å². The van der Waals surface area contributed by atoms with Gasteiger partial charge >= 0.3 is 6.18 Å². The van der Waals surface area contributed by atoms with E-state index >= 15 is 0 Å². The van der Waals surface area contributed by atoms with Gasteiger partial charge in [0, 0.05) is 38.2 Å². The van der Waals surface area contributed by atoms with Crippen LogP contribution >= 0.6 is 11.9 Å². The highest BCUT2D eigenvalue weighted by molar-refractivity contribution is 7.96. The SMILES string of the molecule is CSN1CC(c2cc(Nc3cc(C(F)(F)F)ccn3)nc(N3CCC(F)(F)C3)c2)C1. The van der Waals surface area contributed by atoms with E-state index in [0.29, 0.717) is 5.82 Å². The zero-order valence-electron chi connectivity index (χ0n) is 16.1. The van der Waals surface area contributed by atoms with Crippen LogP contribution in [0.5, 0.6) is 0 Å². The number of pyridine rings is 2. The van der Waals surface area contributed by atoms with Crippen LogP contribution < -0.4 is 10.2 Å². The van der Waals surface area contributed by atoms with Gasteiger partial charge in [0.2, 0.25) is 0 Å². The van der Waals surface area contributed by atoms with Crippen molar-refractivity contribution in [1.29, 1.82) is 0 Å². The van der Waals surface area contributed by atoms with Crippen molar-refractivity contribution in [2.45, 2.75) is 24.4 Å². The van der Waals surface area contributed by atoms with Crippen LogP contribution in [0.4, 0.5) is 39.4 Å². The predicted molar refractivity (Wildman–Crippen MR) is 106 cm³/mol. The summed E-state index contributed by atoms with van der Waals surface area (Å²) >= 11 is 1.63. The van der Waals surface area contributed by atoms with E-state index in [9.17, 15) is 22.0 Å². The molecule has 1 N–H and O–H groups in total. The fourth-order valence-corrected chi connectivity index (χ4v) is 4.19. The molecule has 0 amide bonds. The smallest absolute Gasteiger partial charge is 0.350 e. The van der Waals surface area contributed by atoms with Gasteiger partial charge in [-0.25, -0.2) is 23.1 Å². The second-order valence-electron chi connectivity index (χ2n) is 7.45. The summed E-state index contributed by atoms with van der Waals surface area (Å²) in [5.41, 5.74) is 0.0835. The molecule has 0 saturated carbocycles. The highest BCUT2D eigenvalue weighted by Gasteiger charge is 2.39. The van der Waals surface area contributed by atoms with Gasteiger partial charge in [-0.3, -0.25) is 0 Å². The molecular formula is C19H20F5N5S. The number of hydrogen-bond donors (Lipinski definition) is 1. The Bertz CT molecular complexity index is 916. The third-order valence-corrected chi connectivity index (χ3v) is 6.06. The average molecular weight is 445 g/mol. The van der Waals surface area contributed by atoms with Crippen molar-refractivity contribution in [2.75, 3.05) is 42.7 Å². The van der Waals surface area contributed by atoms with Gasteiger partial charge in [-0.2, -0.15) is 13.2 Å². The molecule has 0 unspecified atom stereocenters. The second kappa shape index (κ2) is 7.84. The van der Waals surface area contributed by atoms with Crippen LogP contribution in [0.1, 0.15) is 23.5 Å². The van der Waals surface area contributed by atoms with Crippen molar-refractivity contribution < 1.29 is 22.0 Å². The highest BCUT2D eigenvalue weighted by Crippen LogP contribution is 2.37. The fraction of sp³-hybridized carbons (Fsp3) is 0.474. The molecule has 2 aliphatic heterocycles. The van der Waals surface area contributed by atoms with Gasteiger partial charge in [0.15, 0.2) is 0 Å². The maximum atomic E-state index is 13.7. The topological polar surface area (TPSA) is 44.3 Å². The summed E-state index contributed by atoms with van der Waals surface area (Å²) < 4.78 is 68.5.